The highest BCUT2D eigenvalue weighted by molar-refractivity contribution is 5.78. The SMILES string of the molecule is COc1ccc(CN(C)CC(=O)NC2CC2)cc1N. The molecule has 0 spiro atoms. The third-order valence-corrected chi connectivity index (χ3v) is 3.10. The second-order valence-corrected chi connectivity index (χ2v) is 5.09. The first-order valence-corrected chi connectivity index (χ1v) is 6.49. The van der Waals surface area contributed by atoms with E-state index in [1.54, 1.807) is 7.11 Å². The molecule has 1 aromatic rings. The number of likely N-dealkylation sites (N-methyl/N-ethyl adjacent to an activating group) is 1. The number of hydrogen-bond acceptors (Lipinski definition) is 4. The van der Waals surface area contributed by atoms with Gasteiger partial charge in [-0.25, -0.2) is 0 Å². The number of methoxy groups -OCH3 is 1. The summed E-state index contributed by atoms with van der Waals surface area (Å²) in [7, 11) is 3.52. The zero-order valence-electron chi connectivity index (χ0n) is 11.5. The zero-order valence-corrected chi connectivity index (χ0v) is 11.5. The van der Waals surface area contributed by atoms with Gasteiger partial charge in [0.25, 0.3) is 0 Å². The van der Waals surface area contributed by atoms with Crippen molar-refractivity contribution in [3.63, 3.8) is 0 Å². The standard InChI is InChI=1S/C14H21N3O2/c1-17(9-14(18)16-11-4-5-11)8-10-3-6-13(19-2)12(15)7-10/h3,6-7,11H,4-5,8-9,15H2,1-2H3,(H,16,18). The monoisotopic (exact) mass is 263 g/mol. The van der Waals surface area contributed by atoms with Crippen molar-refractivity contribution in [2.45, 2.75) is 25.4 Å². The summed E-state index contributed by atoms with van der Waals surface area (Å²) < 4.78 is 5.12. The van der Waals surface area contributed by atoms with E-state index in [0.29, 0.717) is 30.6 Å². The average molecular weight is 263 g/mol. The number of nitrogens with zero attached hydrogens (tertiary/aromatic N) is 1. The molecule has 0 radical (unpaired) electrons. The molecule has 0 aliphatic heterocycles. The largest absolute Gasteiger partial charge is 0.495 e. The zero-order chi connectivity index (χ0) is 13.8. The molecule has 2 rings (SSSR count). The number of nitrogens with one attached hydrogen (secondary N) is 1. The van der Waals surface area contributed by atoms with Crippen molar-refractivity contribution in [1.29, 1.82) is 0 Å². The van der Waals surface area contributed by atoms with Crippen molar-refractivity contribution < 1.29 is 9.53 Å². The maximum atomic E-state index is 11.7. The van der Waals surface area contributed by atoms with E-state index in [9.17, 15) is 4.79 Å². The Morgan fingerprint density at radius 2 is 2.26 bits per heavy atom. The Bertz CT molecular complexity index is 458. The molecule has 0 aromatic heterocycles. The van der Waals surface area contributed by atoms with Crippen LogP contribution in [0.4, 0.5) is 5.69 Å². The molecule has 1 aliphatic rings. The fourth-order valence-corrected chi connectivity index (χ4v) is 2.00. The van der Waals surface area contributed by atoms with Gasteiger partial charge in [-0.1, -0.05) is 6.07 Å². The second-order valence-electron chi connectivity index (χ2n) is 5.09. The minimum absolute atomic E-state index is 0.0893. The second kappa shape index (κ2) is 5.93. The summed E-state index contributed by atoms with van der Waals surface area (Å²) in [6.07, 6.45) is 2.23. The number of hydrogen-bond donors (Lipinski definition) is 2. The highest BCUT2D eigenvalue weighted by Crippen LogP contribution is 2.22. The van der Waals surface area contributed by atoms with Crippen molar-refractivity contribution >= 4 is 11.6 Å². The van der Waals surface area contributed by atoms with Crippen LogP contribution in [-0.4, -0.2) is 37.6 Å². The summed E-state index contributed by atoms with van der Waals surface area (Å²) in [5, 5.41) is 2.97. The minimum atomic E-state index is 0.0893. The van der Waals surface area contributed by atoms with Crippen LogP contribution >= 0.6 is 0 Å². The Kier molecular flexibility index (Phi) is 4.27. The summed E-state index contributed by atoms with van der Waals surface area (Å²) >= 11 is 0. The van der Waals surface area contributed by atoms with Crippen LogP contribution in [0, 0.1) is 0 Å². The highest BCUT2D eigenvalue weighted by atomic mass is 16.5. The molecule has 5 nitrogen and oxygen atoms in total. The minimum Gasteiger partial charge on any atom is -0.495 e. The number of rotatable bonds is 6. The maximum absolute atomic E-state index is 11.7. The first kappa shape index (κ1) is 13.7. The molecule has 0 atom stereocenters. The van der Waals surface area contributed by atoms with Crippen LogP contribution in [0.5, 0.6) is 5.75 Å². The third-order valence-electron chi connectivity index (χ3n) is 3.10. The molecule has 104 valence electrons. The summed E-state index contributed by atoms with van der Waals surface area (Å²) in [5.41, 5.74) is 7.55. The van der Waals surface area contributed by atoms with E-state index in [0.717, 1.165) is 18.4 Å². The van der Waals surface area contributed by atoms with E-state index >= 15 is 0 Å². The van der Waals surface area contributed by atoms with Crippen LogP contribution in [0.1, 0.15) is 18.4 Å². The predicted molar refractivity (Wildman–Crippen MR) is 74.9 cm³/mol. The molecular formula is C14H21N3O2. The van der Waals surface area contributed by atoms with Crippen LogP contribution < -0.4 is 15.8 Å². The number of anilines is 1. The van der Waals surface area contributed by atoms with E-state index in [4.69, 9.17) is 10.5 Å². The molecule has 5 heteroatoms. The summed E-state index contributed by atoms with van der Waals surface area (Å²) in [5.74, 6) is 0.768. The normalized spacial score (nSPS) is 14.5. The molecule has 3 N–H and O–H groups in total. The fourth-order valence-electron chi connectivity index (χ4n) is 2.00. The number of nitrogen functional groups attached to an aromatic ring is 1. The molecule has 1 fully saturated rings. The number of amides is 1. The first-order valence-electron chi connectivity index (χ1n) is 6.49. The quantitative estimate of drug-likeness (QED) is 0.751. The molecule has 1 amide bonds. The number of carbonyl (C=O) groups excluding carboxylic acids is 1. The van der Waals surface area contributed by atoms with Crippen molar-refractivity contribution in [3.05, 3.63) is 23.8 Å². The highest BCUT2D eigenvalue weighted by Gasteiger charge is 2.23. The van der Waals surface area contributed by atoms with E-state index in [1.165, 1.54) is 0 Å². The van der Waals surface area contributed by atoms with Crippen LogP contribution in [0.3, 0.4) is 0 Å². The molecule has 0 bridgehead atoms. The lowest BCUT2D eigenvalue weighted by Crippen LogP contribution is -2.35. The number of carbonyl (C=O) groups is 1. The van der Waals surface area contributed by atoms with Crippen LogP contribution in [0.25, 0.3) is 0 Å². The van der Waals surface area contributed by atoms with Crippen molar-refractivity contribution in [1.82, 2.24) is 10.2 Å². The third kappa shape index (κ3) is 4.13. The molecule has 1 saturated carbocycles. The van der Waals surface area contributed by atoms with Gasteiger partial charge in [0, 0.05) is 12.6 Å². The topological polar surface area (TPSA) is 67.6 Å². The maximum Gasteiger partial charge on any atom is 0.234 e. The van der Waals surface area contributed by atoms with Gasteiger partial charge in [-0.05, 0) is 37.6 Å². The van der Waals surface area contributed by atoms with Gasteiger partial charge in [0.05, 0.1) is 19.3 Å². The van der Waals surface area contributed by atoms with E-state index in [-0.39, 0.29) is 5.91 Å². The van der Waals surface area contributed by atoms with Gasteiger partial charge in [0.2, 0.25) is 5.91 Å². The predicted octanol–water partition coefficient (Wildman–Crippen LogP) is 0.988. The molecule has 0 saturated heterocycles. The molecular weight excluding hydrogens is 242 g/mol. The Hall–Kier alpha value is -1.75. The molecule has 0 unspecified atom stereocenters. The number of benzene rings is 1. The summed E-state index contributed by atoms with van der Waals surface area (Å²) in [6, 6.07) is 6.11. The molecule has 19 heavy (non-hydrogen) atoms. The number of ether oxygens (including phenoxy) is 1. The summed E-state index contributed by atoms with van der Waals surface area (Å²) in [6.45, 7) is 1.09. The van der Waals surface area contributed by atoms with Gasteiger partial charge in [-0.3, -0.25) is 9.69 Å². The van der Waals surface area contributed by atoms with Gasteiger partial charge >= 0.3 is 0 Å². The Balaban J connectivity index is 1.85. The fraction of sp³-hybridized carbons (Fsp3) is 0.500. The Morgan fingerprint density at radius 3 is 2.84 bits per heavy atom. The van der Waals surface area contributed by atoms with E-state index < -0.39 is 0 Å². The van der Waals surface area contributed by atoms with Crippen LogP contribution in [-0.2, 0) is 11.3 Å². The molecule has 1 aliphatic carbocycles. The summed E-state index contributed by atoms with van der Waals surface area (Å²) in [4.78, 5) is 13.6. The van der Waals surface area contributed by atoms with Crippen molar-refractivity contribution in [3.8, 4) is 5.75 Å². The Labute approximate surface area is 113 Å². The number of nitrogens with two attached hydrogens (primary N) is 1. The lowest BCUT2D eigenvalue weighted by molar-refractivity contribution is -0.122. The van der Waals surface area contributed by atoms with Gasteiger partial charge in [0.15, 0.2) is 0 Å². The smallest absolute Gasteiger partial charge is 0.234 e. The van der Waals surface area contributed by atoms with Crippen LogP contribution in [0.15, 0.2) is 18.2 Å². The van der Waals surface area contributed by atoms with Gasteiger partial charge < -0.3 is 15.8 Å². The van der Waals surface area contributed by atoms with Gasteiger partial charge in [-0.2, -0.15) is 0 Å². The van der Waals surface area contributed by atoms with Crippen LogP contribution in [0.2, 0.25) is 0 Å². The lowest BCUT2D eigenvalue weighted by Gasteiger charge is -2.17. The van der Waals surface area contributed by atoms with Gasteiger partial charge in [-0.15, -0.1) is 0 Å². The van der Waals surface area contributed by atoms with Crippen molar-refractivity contribution in [2.24, 2.45) is 0 Å². The first-order chi connectivity index (χ1) is 9.08. The molecule has 0 heterocycles. The lowest BCUT2D eigenvalue weighted by atomic mass is 10.2. The Morgan fingerprint density at radius 1 is 1.53 bits per heavy atom. The molecule has 1 aromatic carbocycles. The van der Waals surface area contributed by atoms with Crippen molar-refractivity contribution in [2.75, 3.05) is 26.4 Å². The average Bonchev–Trinajstić information content (AvgIpc) is 3.12. The van der Waals surface area contributed by atoms with E-state index in [2.05, 4.69) is 5.32 Å². The van der Waals surface area contributed by atoms with Gasteiger partial charge in [0.1, 0.15) is 5.75 Å². The van der Waals surface area contributed by atoms with E-state index in [1.807, 2.05) is 30.1 Å².